The van der Waals surface area contributed by atoms with E-state index < -0.39 is 0 Å². The first-order valence-corrected chi connectivity index (χ1v) is 7.30. The maximum Gasteiger partial charge on any atom is 0.115 e. The molecule has 0 aliphatic rings. The summed E-state index contributed by atoms with van der Waals surface area (Å²) >= 11 is 0. The molecule has 106 valence electrons. The van der Waals surface area contributed by atoms with Crippen LogP contribution in [0, 0.1) is 0 Å². The maximum atomic E-state index is 9.21. The minimum Gasteiger partial charge on any atom is -0.508 e. The average Bonchev–Trinajstić information content (AvgIpc) is 2.46. The Kier molecular flexibility index (Phi) is 5.48. The monoisotopic (exact) mass is 270 g/mol. The van der Waals surface area contributed by atoms with E-state index in [4.69, 9.17) is 0 Å². The molecule has 0 saturated heterocycles. The van der Waals surface area contributed by atoms with Crippen molar-refractivity contribution in [2.24, 2.45) is 0 Å². The van der Waals surface area contributed by atoms with Gasteiger partial charge in [-0.15, -0.1) is 0 Å². The first-order valence-electron chi connectivity index (χ1n) is 7.30. The van der Waals surface area contributed by atoms with Crippen LogP contribution in [0.3, 0.4) is 0 Å². The quantitative estimate of drug-likeness (QED) is 0.730. The standard InChI is InChI=1S/C18H22O2/c19-17-11-7-15(8-12-17)5-3-1-2-4-6-16-9-13-18(20)14-10-16/h7-14,19-20H,1-6H2. The number of phenols is 2. The van der Waals surface area contributed by atoms with Crippen molar-refractivity contribution in [1.29, 1.82) is 0 Å². The predicted molar refractivity (Wildman–Crippen MR) is 82.1 cm³/mol. The van der Waals surface area contributed by atoms with E-state index in [9.17, 15) is 10.2 Å². The van der Waals surface area contributed by atoms with E-state index in [0.29, 0.717) is 11.5 Å². The van der Waals surface area contributed by atoms with Crippen LogP contribution in [0.4, 0.5) is 0 Å². The summed E-state index contributed by atoms with van der Waals surface area (Å²) in [5.41, 5.74) is 2.59. The molecule has 0 atom stereocenters. The van der Waals surface area contributed by atoms with E-state index in [1.165, 1.54) is 36.8 Å². The van der Waals surface area contributed by atoms with Crippen molar-refractivity contribution < 1.29 is 10.2 Å². The Hall–Kier alpha value is -1.96. The van der Waals surface area contributed by atoms with E-state index >= 15 is 0 Å². The average molecular weight is 270 g/mol. The summed E-state index contributed by atoms with van der Waals surface area (Å²) < 4.78 is 0. The van der Waals surface area contributed by atoms with Gasteiger partial charge >= 0.3 is 0 Å². The fraction of sp³-hybridized carbons (Fsp3) is 0.333. The van der Waals surface area contributed by atoms with Gasteiger partial charge in [-0.05, 0) is 61.1 Å². The van der Waals surface area contributed by atoms with Gasteiger partial charge in [0.2, 0.25) is 0 Å². The van der Waals surface area contributed by atoms with Crippen LogP contribution < -0.4 is 0 Å². The molecule has 0 aromatic heterocycles. The number of benzene rings is 2. The molecule has 0 aliphatic heterocycles. The number of unbranched alkanes of at least 4 members (excludes halogenated alkanes) is 3. The minimum atomic E-state index is 0.336. The lowest BCUT2D eigenvalue weighted by Crippen LogP contribution is -1.88. The predicted octanol–water partition coefficient (Wildman–Crippen LogP) is 4.44. The molecule has 0 radical (unpaired) electrons. The molecule has 0 bridgehead atoms. The van der Waals surface area contributed by atoms with Crippen LogP contribution in [-0.2, 0) is 12.8 Å². The molecule has 0 fully saturated rings. The summed E-state index contributed by atoms with van der Waals surface area (Å²) in [6.07, 6.45) is 7.03. The summed E-state index contributed by atoms with van der Waals surface area (Å²) in [7, 11) is 0. The number of rotatable bonds is 7. The topological polar surface area (TPSA) is 40.5 Å². The highest BCUT2D eigenvalue weighted by Crippen LogP contribution is 2.15. The summed E-state index contributed by atoms with van der Waals surface area (Å²) in [5.74, 6) is 0.672. The zero-order chi connectivity index (χ0) is 14.2. The molecule has 2 aromatic rings. The smallest absolute Gasteiger partial charge is 0.115 e. The van der Waals surface area contributed by atoms with Crippen LogP contribution in [0.2, 0.25) is 0 Å². The highest BCUT2D eigenvalue weighted by molar-refractivity contribution is 5.26. The molecular weight excluding hydrogens is 248 g/mol. The van der Waals surface area contributed by atoms with Gasteiger partial charge < -0.3 is 10.2 Å². The zero-order valence-electron chi connectivity index (χ0n) is 11.8. The fourth-order valence-electron chi connectivity index (χ4n) is 2.34. The molecular formula is C18H22O2. The fourth-order valence-corrected chi connectivity index (χ4v) is 2.34. The number of hydrogen-bond donors (Lipinski definition) is 2. The second kappa shape index (κ2) is 7.59. The minimum absolute atomic E-state index is 0.336. The zero-order valence-corrected chi connectivity index (χ0v) is 11.8. The van der Waals surface area contributed by atoms with Crippen molar-refractivity contribution >= 4 is 0 Å². The van der Waals surface area contributed by atoms with E-state index in [1.807, 2.05) is 24.3 Å². The third-order valence-corrected chi connectivity index (χ3v) is 3.55. The number of phenolic OH excluding ortho intramolecular Hbond substituents is 2. The molecule has 0 spiro atoms. The number of aromatic hydroxyl groups is 2. The van der Waals surface area contributed by atoms with Crippen LogP contribution in [0.5, 0.6) is 11.5 Å². The highest BCUT2D eigenvalue weighted by atomic mass is 16.3. The molecule has 2 heteroatoms. The van der Waals surface area contributed by atoms with Gasteiger partial charge in [-0.3, -0.25) is 0 Å². The van der Waals surface area contributed by atoms with Crippen LogP contribution in [0.1, 0.15) is 36.8 Å². The lowest BCUT2D eigenvalue weighted by Gasteiger charge is -2.03. The van der Waals surface area contributed by atoms with Crippen LogP contribution in [0.25, 0.3) is 0 Å². The third-order valence-electron chi connectivity index (χ3n) is 3.55. The largest absolute Gasteiger partial charge is 0.508 e. The Balaban J connectivity index is 1.57. The Labute approximate surface area is 120 Å². The summed E-state index contributed by atoms with van der Waals surface area (Å²) in [6, 6.07) is 15.0. The van der Waals surface area contributed by atoms with Crippen molar-refractivity contribution in [1.82, 2.24) is 0 Å². The Bertz CT molecular complexity index is 450. The number of aryl methyl sites for hydroxylation is 2. The first kappa shape index (κ1) is 14.4. The molecule has 2 aromatic carbocycles. The van der Waals surface area contributed by atoms with Gasteiger partial charge in [0.25, 0.3) is 0 Å². The van der Waals surface area contributed by atoms with Crippen molar-refractivity contribution in [3.63, 3.8) is 0 Å². The van der Waals surface area contributed by atoms with Gasteiger partial charge in [0.05, 0.1) is 0 Å². The Morgan fingerprint density at radius 1 is 0.500 bits per heavy atom. The molecule has 0 unspecified atom stereocenters. The molecule has 20 heavy (non-hydrogen) atoms. The Morgan fingerprint density at radius 3 is 1.20 bits per heavy atom. The van der Waals surface area contributed by atoms with Crippen molar-refractivity contribution in [3.05, 3.63) is 59.7 Å². The third kappa shape index (κ3) is 4.96. The molecule has 2 nitrogen and oxygen atoms in total. The van der Waals surface area contributed by atoms with Crippen LogP contribution in [0.15, 0.2) is 48.5 Å². The van der Waals surface area contributed by atoms with Gasteiger partial charge in [-0.2, -0.15) is 0 Å². The van der Waals surface area contributed by atoms with Gasteiger partial charge in [0.1, 0.15) is 11.5 Å². The van der Waals surface area contributed by atoms with Crippen molar-refractivity contribution in [2.75, 3.05) is 0 Å². The summed E-state index contributed by atoms with van der Waals surface area (Å²) in [4.78, 5) is 0. The molecule has 0 amide bonds. The van der Waals surface area contributed by atoms with Gasteiger partial charge in [0.15, 0.2) is 0 Å². The second-order valence-electron chi connectivity index (χ2n) is 5.25. The number of hydrogen-bond acceptors (Lipinski definition) is 2. The SMILES string of the molecule is Oc1ccc(CCCCCCc2ccc(O)cc2)cc1. The normalized spacial score (nSPS) is 10.6. The first-order chi connectivity index (χ1) is 9.74. The van der Waals surface area contributed by atoms with E-state index in [0.717, 1.165) is 12.8 Å². The van der Waals surface area contributed by atoms with Gasteiger partial charge in [0, 0.05) is 0 Å². The van der Waals surface area contributed by atoms with Gasteiger partial charge in [-0.25, -0.2) is 0 Å². The highest BCUT2D eigenvalue weighted by Gasteiger charge is 1.96. The van der Waals surface area contributed by atoms with Gasteiger partial charge in [-0.1, -0.05) is 37.1 Å². The molecule has 2 rings (SSSR count). The lowest BCUT2D eigenvalue weighted by molar-refractivity contribution is 0.474. The summed E-state index contributed by atoms with van der Waals surface area (Å²) in [6.45, 7) is 0. The second-order valence-corrected chi connectivity index (χ2v) is 5.25. The molecule has 0 saturated carbocycles. The molecule has 2 N–H and O–H groups in total. The lowest BCUT2D eigenvalue weighted by atomic mass is 10.0. The van der Waals surface area contributed by atoms with E-state index in [-0.39, 0.29) is 0 Å². The molecule has 0 aliphatic carbocycles. The van der Waals surface area contributed by atoms with Crippen molar-refractivity contribution in [3.8, 4) is 11.5 Å². The van der Waals surface area contributed by atoms with Crippen LogP contribution >= 0.6 is 0 Å². The molecule has 0 heterocycles. The van der Waals surface area contributed by atoms with Crippen molar-refractivity contribution in [2.45, 2.75) is 38.5 Å². The summed E-state index contributed by atoms with van der Waals surface area (Å²) in [5, 5.41) is 18.4. The van der Waals surface area contributed by atoms with E-state index in [2.05, 4.69) is 0 Å². The van der Waals surface area contributed by atoms with E-state index in [1.54, 1.807) is 24.3 Å². The Morgan fingerprint density at radius 2 is 0.850 bits per heavy atom. The maximum absolute atomic E-state index is 9.21. The van der Waals surface area contributed by atoms with Crippen LogP contribution in [-0.4, -0.2) is 10.2 Å².